The first-order chi connectivity index (χ1) is 12.7. The third-order valence-electron chi connectivity index (χ3n) is 4.49. The van der Waals surface area contributed by atoms with E-state index < -0.39 is 0 Å². The van der Waals surface area contributed by atoms with Crippen molar-refractivity contribution in [3.63, 3.8) is 0 Å². The summed E-state index contributed by atoms with van der Waals surface area (Å²) in [6.07, 6.45) is 0. The van der Waals surface area contributed by atoms with Crippen LogP contribution in [-0.4, -0.2) is 9.55 Å². The van der Waals surface area contributed by atoms with Gasteiger partial charge in [-0.1, -0.05) is 53.6 Å². The van der Waals surface area contributed by atoms with Gasteiger partial charge < -0.3 is 9.88 Å². The summed E-state index contributed by atoms with van der Waals surface area (Å²) >= 11 is 6.02. The zero-order valence-electron chi connectivity index (χ0n) is 14.6. The van der Waals surface area contributed by atoms with Crippen molar-refractivity contribution in [1.29, 1.82) is 0 Å². The Labute approximate surface area is 158 Å². The molecule has 130 valence electrons. The molecule has 1 aromatic heterocycles. The number of aryl methyl sites for hydroxylation is 1. The van der Waals surface area contributed by atoms with Crippen LogP contribution in [0.2, 0.25) is 5.02 Å². The Bertz CT molecular complexity index is 1020. The van der Waals surface area contributed by atoms with Crippen LogP contribution in [0.1, 0.15) is 17.0 Å². The number of hydrogen-bond donors (Lipinski definition) is 1. The van der Waals surface area contributed by atoms with E-state index >= 15 is 0 Å². The van der Waals surface area contributed by atoms with Crippen LogP contribution in [0.3, 0.4) is 0 Å². The van der Waals surface area contributed by atoms with Gasteiger partial charge in [-0.05, 0) is 48.9 Å². The van der Waals surface area contributed by atoms with Gasteiger partial charge in [-0.15, -0.1) is 0 Å². The summed E-state index contributed by atoms with van der Waals surface area (Å²) in [7, 11) is 0. The van der Waals surface area contributed by atoms with E-state index in [2.05, 4.69) is 71.4 Å². The van der Waals surface area contributed by atoms with E-state index in [9.17, 15) is 0 Å². The number of aromatic nitrogens is 2. The van der Waals surface area contributed by atoms with Crippen molar-refractivity contribution < 1.29 is 0 Å². The number of nitrogens with one attached hydrogen (secondary N) is 1. The van der Waals surface area contributed by atoms with Crippen LogP contribution >= 0.6 is 11.6 Å². The summed E-state index contributed by atoms with van der Waals surface area (Å²) < 4.78 is 2.26. The minimum atomic E-state index is 0.672. The summed E-state index contributed by atoms with van der Waals surface area (Å²) in [5, 5.41) is 4.24. The van der Waals surface area contributed by atoms with Crippen molar-refractivity contribution in [2.24, 2.45) is 0 Å². The summed E-state index contributed by atoms with van der Waals surface area (Å²) in [4.78, 5) is 4.83. The molecule has 0 aliphatic heterocycles. The second-order valence-electron chi connectivity index (χ2n) is 6.45. The molecule has 0 saturated heterocycles. The van der Waals surface area contributed by atoms with Gasteiger partial charge >= 0.3 is 0 Å². The lowest BCUT2D eigenvalue weighted by Gasteiger charge is -2.11. The average molecular weight is 362 g/mol. The van der Waals surface area contributed by atoms with Crippen molar-refractivity contribution in [1.82, 2.24) is 9.55 Å². The summed E-state index contributed by atoms with van der Waals surface area (Å²) in [5.41, 5.74) is 5.71. The highest BCUT2D eigenvalue weighted by Gasteiger charge is 2.11. The van der Waals surface area contributed by atoms with Crippen LogP contribution < -0.4 is 5.32 Å². The number of halogens is 1. The highest BCUT2D eigenvalue weighted by Crippen LogP contribution is 2.20. The lowest BCUT2D eigenvalue weighted by atomic mass is 10.2. The molecule has 1 heterocycles. The van der Waals surface area contributed by atoms with Crippen LogP contribution in [0.4, 0.5) is 5.69 Å². The van der Waals surface area contributed by atoms with Gasteiger partial charge in [0.2, 0.25) is 0 Å². The lowest BCUT2D eigenvalue weighted by molar-refractivity contribution is 0.756. The molecule has 0 bridgehead atoms. The molecule has 0 saturated carbocycles. The highest BCUT2D eigenvalue weighted by molar-refractivity contribution is 6.30. The first-order valence-corrected chi connectivity index (χ1v) is 9.06. The van der Waals surface area contributed by atoms with Crippen LogP contribution in [0.5, 0.6) is 0 Å². The molecular formula is C22H20ClN3. The maximum Gasteiger partial charge on any atom is 0.129 e. The fourth-order valence-corrected chi connectivity index (χ4v) is 3.19. The van der Waals surface area contributed by atoms with Crippen molar-refractivity contribution in [3.05, 3.63) is 94.8 Å². The predicted molar refractivity (Wildman–Crippen MR) is 109 cm³/mol. The zero-order chi connectivity index (χ0) is 17.9. The van der Waals surface area contributed by atoms with E-state index in [1.165, 1.54) is 11.1 Å². The normalized spacial score (nSPS) is 11.0. The number of rotatable bonds is 5. The number of fused-ring (bicyclic) bond motifs is 1. The van der Waals surface area contributed by atoms with Gasteiger partial charge in [-0.25, -0.2) is 4.98 Å². The van der Waals surface area contributed by atoms with E-state index in [0.29, 0.717) is 6.54 Å². The number of benzene rings is 3. The minimum absolute atomic E-state index is 0.672. The fraction of sp³-hybridized carbons (Fsp3) is 0.136. The Morgan fingerprint density at radius 1 is 0.923 bits per heavy atom. The SMILES string of the molecule is Cc1ccc(NCc2nc3ccccc3n2Cc2ccc(Cl)cc2)cc1. The fourth-order valence-electron chi connectivity index (χ4n) is 3.06. The topological polar surface area (TPSA) is 29.9 Å². The molecule has 0 amide bonds. The first kappa shape index (κ1) is 16.7. The molecule has 4 heteroatoms. The Balaban J connectivity index is 1.64. The predicted octanol–water partition coefficient (Wildman–Crippen LogP) is 5.66. The molecule has 3 aromatic carbocycles. The lowest BCUT2D eigenvalue weighted by Crippen LogP contribution is -2.10. The molecule has 0 unspecified atom stereocenters. The van der Waals surface area contributed by atoms with E-state index in [4.69, 9.17) is 16.6 Å². The number of imidazole rings is 1. The van der Waals surface area contributed by atoms with Gasteiger partial charge in [0.15, 0.2) is 0 Å². The number of hydrogen-bond acceptors (Lipinski definition) is 2. The van der Waals surface area contributed by atoms with Crippen molar-refractivity contribution in [3.8, 4) is 0 Å². The van der Waals surface area contributed by atoms with Crippen molar-refractivity contribution in [2.45, 2.75) is 20.0 Å². The Morgan fingerprint density at radius 3 is 2.42 bits per heavy atom. The van der Waals surface area contributed by atoms with Gasteiger partial charge in [0.1, 0.15) is 5.82 Å². The van der Waals surface area contributed by atoms with Gasteiger partial charge in [0, 0.05) is 17.3 Å². The van der Waals surface area contributed by atoms with E-state index in [0.717, 1.165) is 34.1 Å². The Morgan fingerprint density at radius 2 is 1.65 bits per heavy atom. The minimum Gasteiger partial charge on any atom is -0.378 e. The highest BCUT2D eigenvalue weighted by atomic mass is 35.5. The summed E-state index contributed by atoms with van der Waals surface area (Å²) in [6, 6.07) is 24.7. The second kappa shape index (κ2) is 7.22. The van der Waals surface area contributed by atoms with Crippen LogP contribution in [0.15, 0.2) is 72.8 Å². The molecule has 0 aliphatic rings. The second-order valence-corrected chi connectivity index (χ2v) is 6.89. The molecular weight excluding hydrogens is 342 g/mol. The summed E-state index contributed by atoms with van der Waals surface area (Å²) in [5.74, 6) is 1.02. The van der Waals surface area contributed by atoms with Crippen LogP contribution in [0, 0.1) is 6.92 Å². The maximum absolute atomic E-state index is 6.02. The molecule has 4 aromatic rings. The van der Waals surface area contributed by atoms with Gasteiger partial charge in [-0.2, -0.15) is 0 Å². The molecule has 0 spiro atoms. The summed E-state index contributed by atoms with van der Waals surface area (Å²) in [6.45, 7) is 3.53. The van der Waals surface area contributed by atoms with E-state index in [1.54, 1.807) is 0 Å². The van der Waals surface area contributed by atoms with Gasteiger partial charge in [-0.3, -0.25) is 0 Å². The Hall–Kier alpha value is -2.78. The molecule has 26 heavy (non-hydrogen) atoms. The number of para-hydroxylation sites is 2. The van der Waals surface area contributed by atoms with Gasteiger partial charge in [0.25, 0.3) is 0 Å². The monoisotopic (exact) mass is 361 g/mol. The van der Waals surface area contributed by atoms with Gasteiger partial charge in [0.05, 0.1) is 17.6 Å². The van der Waals surface area contributed by atoms with E-state index in [-0.39, 0.29) is 0 Å². The first-order valence-electron chi connectivity index (χ1n) is 8.68. The number of nitrogens with zero attached hydrogens (tertiary/aromatic N) is 2. The smallest absolute Gasteiger partial charge is 0.129 e. The molecule has 0 aliphatic carbocycles. The molecule has 0 radical (unpaired) electrons. The van der Waals surface area contributed by atoms with Crippen LogP contribution in [-0.2, 0) is 13.1 Å². The van der Waals surface area contributed by atoms with Crippen molar-refractivity contribution >= 4 is 28.3 Å². The van der Waals surface area contributed by atoms with Crippen molar-refractivity contribution in [2.75, 3.05) is 5.32 Å². The molecule has 0 atom stereocenters. The Kier molecular flexibility index (Phi) is 4.63. The maximum atomic E-state index is 6.02. The molecule has 3 nitrogen and oxygen atoms in total. The average Bonchev–Trinajstić information content (AvgIpc) is 3.01. The third-order valence-corrected chi connectivity index (χ3v) is 4.74. The quantitative estimate of drug-likeness (QED) is 0.497. The standard InChI is InChI=1S/C22H20ClN3/c1-16-6-12-19(13-7-16)24-14-22-25-20-4-2-3-5-21(20)26(22)15-17-8-10-18(23)11-9-17/h2-13,24H,14-15H2,1H3. The van der Waals surface area contributed by atoms with Crippen LogP contribution in [0.25, 0.3) is 11.0 Å². The molecule has 4 rings (SSSR count). The van der Waals surface area contributed by atoms with E-state index in [1.807, 2.05) is 18.2 Å². The third kappa shape index (κ3) is 3.58. The number of anilines is 1. The molecule has 1 N–H and O–H groups in total. The zero-order valence-corrected chi connectivity index (χ0v) is 15.4. The molecule has 0 fully saturated rings. The largest absolute Gasteiger partial charge is 0.378 e.